The molecule has 3 rings (SSSR count). The fraction of sp³-hybridized carbons (Fsp3) is 0.316. The smallest absolute Gasteiger partial charge is 0.489 e. The summed E-state index contributed by atoms with van der Waals surface area (Å²) in [7, 11) is 1.29. The fourth-order valence-corrected chi connectivity index (χ4v) is 2.80. The minimum Gasteiger partial charge on any atom is -0.489 e. The van der Waals surface area contributed by atoms with Gasteiger partial charge in [0.15, 0.2) is 0 Å². The molecular weight excluding hydrogens is 325 g/mol. The van der Waals surface area contributed by atoms with Gasteiger partial charge in [0.25, 0.3) is 0 Å². The monoisotopic (exact) mass is 345 g/mol. The minimum absolute atomic E-state index is 0.270. The highest BCUT2D eigenvalue weighted by atomic mass is 19.1. The third-order valence-electron chi connectivity index (χ3n) is 4.10. The van der Waals surface area contributed by atoms with Gasteiger partial charge in [0.05, 0.1) is 7.11 Å². The first-order valence-corrected chi connectivity index (χ1v) is 8.14. The molecule has 0 fully saturated rings. The second kappa shape index (κ2) is 7.98. The Morgan fingerprint density at radius 3 is 2.68 bits per heavy atom. The van der Waals surface area contributed by atoms with E-state index >= 15 is 0 Å². The quantitative estimate of drug-likeness (QED) is 0.794. The molecule has 0 aliphatic carbocycles. The van der Waals surface area contributed by atoms with Crippen molar-refractivity contribution in [3.8, 4) is 5.75 Å². The van der Waals surface area contributed by atoms with Crippen LogP contribution < -0.4 is 4.74 Å². The Hall–Kier alpha value is -2.60. The molecule has 0 spiro atoms. The zero-order valence-corrected chi connectivity index (χ0v) is 14.0. The van der Waals surface area contributed by atoms with Crippen molar-refractivity contribution in [2.75, 3.05) is 20.2 Å². The standard InChI is InChI=1S/C19H20FNO4/c1-23-19(22)25-21-9-7-15-5-6-18(12-16(15)8-10-21)24-13-14-3-2-4-17(20)11-14/h2-6,11-12H,7-10,13H2,1H3. The van der Waals surface area contributed by atoms with E-state index in [0.29, 0.717) is 19.7 Å². The lowest BCUT2D eigenvalue weighted by Crippen LogP contribution is -2.29. The summed E-state index contributed by atoms with van der Waals surface area (Å²) in [4.78, 5) is 16.3. The molecule has 1 aliphatic heterocycles. The van der Waals surface area contributed by atoms with E-state index in [2.05, 4.69) is 4.74 Å². The molecule has 0 atom stereocenters. The molecule has 132 valence electrons. The van der Waals surface area contributed by atoms with Crippen LogP contribution >= 0.6 is 0 Å². The molecule has 1 aliphatic rings. The second-order valence-corrected chi connectivity index (χ2v) is 5.82. The van der Waals surface area contributed by atoms with Crippen LogP contribution in [0.25, 0.3) is 0 Å². The third-order valence-corrected chi connectivity index (χ3v) is 4.10. The first kappa shape index (κ1) is 17.2. The Balaban J connectivity index is 1.62. The van der Waals surface area contributed by atoms with Crippen LogP contribution in [0.3, 0.4) is 0 Å². The number of benzene rings is 2. The molecular formula is C19H20FNO4. The maximum atomic E-state index is 13.2. The number of fused-ring (bicyclic) bond motifs is 1. The van der Waals surface area contributed by atoms with Crippen LogP contribution in [0.1, 0.15) is 16.7 Å². The Morgan fingerprint density at radius 1 is 1.12 bits per heavy atom. The summed E-state index contributed by atoms with van der Waals surface area (Å²) in [6, 6.07) is 12.3. The van der Waals surface area contributed by atoms with Crippen molar-refractivity contribution < 1.29 is 23.5 Å². The van der Waals surface area contributed by atoms with Gasteiger partial charge in [0.1, 0.15) is 18.2 Å². The normalized spacial score (nSPS) is 14.3. The van der Waals surface area contributed by atoms with E-state index in [4.69, 9.17) is 9.57 Å². The number of halogens is 1. The predicted molar refractivity (Wildman–Crippen MR) is 89.6 cm³/mol. The number of ether oxygens (including phenoxy) is 2. The Bertz CT molecular complexity index is 750. The topological polar surface area (TPSA) is 48.0 Å². The summed E-state index contributed by atoms with van der Waals surface area (Å²) in [5, 5.41) is 1.61. The summed E-state index contributed by atoms with van der Waals surface area (Å²) in [5.41, 5.74) is 3.15. The summed E-state index contributed by atoms with van der Waals surface area (Å²) in [6.45, 7) is 1.52. The van der Waals surface area contributed by atoms with Crippen LogP contribution in [0, 0.1) is 5.82 Å². The molecule has 0 bridgehead atoms. The van der Waals surface area contributed by atoms with E-state index in [1.165, 1.54) is 24.8 Å². The number of hydrogen-bond acceptors (Lipinski definition) is 5. The van der Waals surface area contributed by atoms with Gasteiger partial charge in [-0.05, 0) is 53.8 Å². The number of carbonyl (C=O) groups excluding carboxylic acids is 1. The zero-order valence-electron chi connectivity index (χ0n) is 14.0. The number of rotatable bonds is 4. The van der Waals surface area contributed by atoms with Crippen molar-refractivity contribution in [2.24, 2.45) is 0 Å². The van der Waals surface area contributed by atoms with Gasteiger partial charge in [0, 0.05) is 13.1 Å². The zero-order chi connectivity index (χ0) is 17.6. The molecule has 1 heterocycles. The highest BCUT2D eigenvalue weighted by Crippen LogP contribution is 2.23. The molecule has 2 aromatic carbocycles. The van der Waals surface area contributed by atoms with Crippen LogP contribution in [-0.4, -0.2) is 31.4 Å². The molecule has 0 saturated heterocycles. The average molecular weight is 345 g/mol. The molecule has 2 aromatic rings. The van der Waals surface area contributed by atoms with Crippen LogP contribution in [0.4, 0.5) is 9.18 Å². The van der Waals surface area contributed by atoms with Crippen molar-refractivity contribution in [3.05, 3.63) is 65.0 Å². The highest BCUT2D eigenvalue weighted by Gasteiger charge is 2.18. The van der Waals surface area contributed by atoms with Crippen LogP contribution in [0.5, 0.6) is 5.75 Å². The van der Waals surface area contributed by atoms with Gasteiger partial charge in [-0.25, -0.2) is 9.18 Å². The first-order chi connectivity index (χ1) is 12.1. The predicted octanol–water partition coefficient (Wildman–Crippen LogP) is 3.50. The van der Waals surface area contributed by atoms with Gasteiger partial charge in [0.2, 0.25) is 0 Å². The number of methoxy groups -OCH3 is 1. The second-order valence-electron chi connectivity index (χ2n) is 5.82. The van der Waals surface area contributed by atoms with E-state index in [-0.39, 0.29) is 5.82 Å². The summed E-state index contributed by atoms with van der Waals surface area (Å²) < 4.78 is 23.5. The number of carbonyl (C=O) groups is 1. The van der Waals surface area contributed by atoms with Crippen LogP contribution in [0.2, 0.25) is 0 Å². The summed E-state index contributed by atoms with van der Waals surface area (Å²) in [5.74, 6) is 0.471. The molecule has 0 radical (unpaired) electrons. The van der Waals surface area contributed by atoms with Crippen LogP contribution in [-0.2, 0) is 29.0 Å². The third kappa shape index (κ3) is 4.70. The van der Waals surface area contributed by atoms with Crippen molar-refractivity contribution in [1.82, 2.24) is 5.06 Å². The average Bonchev–Trinajstić information content (AvgIpc) is 2.82. The van der Waals surface area contributed by atoms with Gasteiger partial charge < -0.3 is 14.3 Å². The maximum absolute atomic E-state index is 13.2. The molecule has 5 nitrogen and oxygen atoms in total. The summed E-state index contributed by atoms with van der Waals surface area (Å²) >= 11 is 0. The van der Waals surface area contributed by atoms with E-state index in [1.54, 1.807) is 11.1 Å². The Morgan fingerprint density at radius 2 is 1.92 bits per heavy atom. The van der Waals surface area contributed by atoms with Gasteiger partial charge in [-0.15, -0.1) is 5.06 Å². The summed E-state index contributed by atoms with van der Waals surface area (Å²) in [6.07, 6.45) is 0.810. The molecule has 25 heavy (non-hydrogen) atoms. The van der Waals surface area contributed by atoms with Gasteiger partial charge in [-0.3, -0.25) is 0 Å². The van der Waals surface area contributed by atoms with E-state index in [9.17, 15) is 9.18 Å². The van der Waals surface area contributed by atoms with E-state index < -0.39 is 6.16 Å². The molecule has 0 unspecified atom stereocenters. The largest absolute Gasteiger partial charge is 0.527 e. The SMILES string of the molecule is COC(=O)ON1CCc2ccc(OCc3cccc(F)c3)cc2CC1. The van der Waals surface area contributed by atoms with Gasteiger partial charge in [-0.2, -0.15) is 0 Å². The van der Waals surface area contributed by atoms with Crippen molar-refractivity contribution in [2.45, 2.75) is 19.4 Å². The van der Waals surface area contributed by atoms with Gasteiger partial charge >= 0.3 is 6.16 Å². The van der Waals surface area contributed by atoms with E-state index in [0.717, 1.165) is 29.7 Å². The Labute approximate surface area is 145 Å². The molecule has 6 heteroatoms. The van der Waals surface area contributed by atoms with Crippen molar-refractivity contribution in [1.29, 1.82) is 0 Å². The number of nitrogens with zero attached hydrogens (tertiary/aromatic N) is 1. The minimum atomic E-state index is -0.704. The number of hydrogen-bond donors (Lipinski definition) is 0. The lowest BCUT2D eigenvalue weighted by molar-refractivity contribution is -0.121. The van der Waals surface area contributed by atoms with E-state index in [1.807, 2.05) is 24.3 Å². The Kier molecular flexibility index (Phi) is 5.50. The molecule has 0 amide bonds. The van der Waals surface area contributed by atoms with Gasteiger partial charge in [-0.1, -0.05) is 18.2 Å². The highest BCUT2D eigenvalue weighted by molar-refractivity contribution is 5.59. The van der Waals surface area contributed by atoms with Crippen LogP contribution in [0.15, 0.2) is 42.5 Å². The first-order valence-electron chi connectivity index (χ1n) is 8.14. The lowest BCUT2D eigenvalue weighted by Gasteiger charge is -2.17. The molecule has 0 aromatic heterocycles. The molecule has 0 saturated carbocycles. The maximum Gasteiger partial charge on any atom is 0.527 e. The lowest BCUT2D eigenvalue weighted by atomic mass is 10.0. The van der Waals surface area contributed by atoms with Crippen molar-refractivity contribution >= 4 is 6.16 Å². The molecule has 0 N–H and O–H groups in total. The number of hydroxylamine groups is 2. The fourth-order valence-electron chi connectivity index (χ4n) is 2.80. The van der Waals surface area contributed by atoms with Crippen molar-refractivity contribution in [3.63, 3.8) is 0 Å².